The molecular weight excluding hydrogens is 247 g/mol. The average molecular weight is 274 g/mol. The summed E-state index contributed by atoms with van der Waals surface area (Å²) in [4.78, 5) is 0. The Labute approximate surface area is 120 Å². The van der Waals surface area contributed by atoms with Gasteiger partial charge in [0.05, 0.1) is 0 Å². The molecule has 1 aromatic carbocycles. The van der Waals surface area contributed by atoms with Crippen LogP contribution in [0.25, 0.3) is 5.57 Å². The van der Waals surface area contributed by atoms with E-state index in [9.17, 15) is 0 Å². The summed E-state index contributed by atoms with van der Waals surface area (Å²) in [5.41, 5.74) is 4.62. The first-order chi connectivity index (χ1) is 8.98. The van der Waals surface area contributed by atoms with E-state index in [2.05, 4.69) is 57.8 Å². The number of benzene rings is 1. The molecule has 0 N–H and O–H groups in total. The Morgan fingerprint density at radius 2 is 1.84 bits per heavy atom. The standard InChI is InChI=1S/C18H27P/c1-18(2,3)19(4)14-8-7-10-16-13-12-15-9-5-6-11-17(15)16/h5-6,9,11,13H,7-8,10,12,14H2,1-4H3. The van der Waals surface area contributed by atoms with Crippen molar-refractivity contribution >= 4 is 13.5 Å². The van der Waals surface area contributed by atoms with Crippen LogP contribution in [-0.4, -0.2) is 18.0 Å². The van der Waals surface area contributed by atoms with Crippen LogP contribution in [0.5, 0.6) is 0 Å². The number of hydrogen-bond donors (Lipinski definition) is 0. The quantitative estimate of drug-likeness (QED) is 0.477. The predicted octanol–water partition coefficient (Wildman–Crippen LogP) is 5.71. The van der Waals surface area contributed by atoms with Crippen LogP contribution < -0.4 is 0 Å². The van der Waals surface area contributed by atoms with Crippen molar-refractivity contribution < 1.29 is 0 Å². The molecule has 0 aromatic heterocycles. The highest BCUT2D eigenvalue weighted by atomic mass is 31.1. The highest BCUT2D eigenvalue weighted by molar-refractivity contribution is 7.58. The molecule has 19 heavy (non-hydrogen) atoms. The van der Waals surface area contributed by atoms with Gasteiger partial charge in [-0.15, -0.1) is 7.92 Å². The summed E-state index contributed by atoms with van der Waals surface area (Å²) in [6.45, 7) is 9.61. The van der Waals surface area contributed by atoms with Crippen molar-refractivity contribution in [1.29, 1.82) is 0 Å². The van der Waals surface area contributed by atoms with Crippen molar-refractivity contribution in [3.05, 3.63) is 41.5 Å². The normalized spacial score (nSPS) is 16.1. The number of unbranched alkanes of at least 4 members (excludes halogenated alkanes) is 1. The highest BCUT2D eigenvalue weighted by Crippen LogP contribution is 2.46. The second-order valence-corrected chi connectivity index (χ2v) is 9.82. The van der Waals surface area contributed by atoms with Gasteiger partial charge < -0.3 is 0 Å². The topological polar surface area (TPSA) is 0 Å². The first kappa shape index (κ1) is 14.8. The fourth-order valence-electron chi connectivity index (χ4n) is 2.59. The molecule has 1 aliphatic rings. The van der Waals surface area contributed by atoms with Crippen LogP contribution in [0.1, 0.15) is 51.2 Å². The molecule has 2 rings (SSSR count). The van der Waals surface area contributed by atoms with Crippen LogP contribution >= 0.6 is 7.92 Å². The third-order valence-corrected chi connectivity index (χ3v) is 7.54. The maximum absolute atomic E-state index is 2.46. The molecular formula is C18H27P. The Kier molecular flexibility index (Phi) is 4.85. The van der Waals surface area contributed by atoms with Gasteiger partial charge in [-0.1, -0.05) is 51.1 Å². The monoisotopic (exact) mass is 274 g/mol. The van der Waals surface area contributed by atoms with Gasteiger partial charge in [0.25, 0.3) is 0 Å². The molecule has 104 valence electrons. The van der Waals surface area contributed by atoms with E-state index in [1.54, 1.807) is 5.57 Å². The summed E-state index contributed by atoms with van der Waals surface area (Å²) in [7, 11) is 0.183. The predicted molar refractivity (Wildman–Crippen MR) is 89.4 cm³/mol. The molecule has 1 aromatic rings. The van der Waals surface area contributed by atoms with E-state index in [0.717, 1.165) is 6.42 Å². The van der Waals surface area contributed by atoms with Crippen molar-refractivity contribution in [2.24, 2.45) is 0 Å². The lowest BCUT2D eigenvalue weighted by Crippen LogP contribution is -2.12. The fourth-order valence-corrected chi connectivity index (χ4v) is 3.96. The third-order valence-electron chi connectivity index (χ3n) is 4.27. The van der Waals surface area contributed by atoms with Gasteiger partial charge in [-0.2, -0.15) is 0 Å². The molecule has 0 saturated carbocycles. The number of hydrogen-bond acceptors (Lipinski definition) is 0. The summed E-state index contributed by atoms with van der Waals surface area (Å²) in [6, 6.07) is 8.88. The van der Waals surface area contributed by atoms with E-state index in [0.29, 0.717) is 5.16 Å². The van der Waals surface area contributed by atoms with Gasteiger partial charge in [0.2, 0.25) is 0 Å². The SMILES string of the molecule is CP(CCCCC1=CCc2ccccc21)C(C)(C)C. The summed E-state index contributed by atoms with van der Waals surface area (Å²) >= 11 is 0. The van der Waals surface area contributed by atoms with Crippen LogP contribution in [0, 0.1) is 0 Å². The van der Waals surface area contributed by atoms with Gasteiger partial charge in [0, 0.05) is 0 Å². The Balaban J connectivity index is 1.76. The van der Waals surface area contributed by atoms with Gasteiger partial charge in [0.1, 0.15) is 0 Å². The molecule has 0 nitrogen and oxygen atoms in total. The van der Waals surface area contributed by atoms with E-state index in [4.69, 9.17) is 0 Å². The molecule has 0 spiro atoms. The zero-order chi connectivity index (χ0) is 13.9. The van der Waals surface area contributed by atoms with Gasteiger partial charge in [0.15, 0.2) is 0 Å². The minimum absolute atomic E-state index is 0.183. The minimum atomic E-state index is 0.183. The molecule has 1 atom stereocenters. The van der Waals surface area contributed by atoms with Crippen LogP contribution in [0.3, 0.4) is 0 Å². The first-order valence-corrected chi connectivity index (χ1v) is 9.44. The number of allylic oxidation sites excluding steroid dienone is 2. The molecule has 0 saturated heterocycles. The Morgan fingerprint density at radius 1 is 1.11 bits per heavy atom. The number of fused-ring (bicyclic) bond motifs is 1. The van der Waals surface area contributed by atoms with Crippen molar-refractivity contribution in [2.45, 2.75) is 51.6 Å². The first-order valence-electron chi connectivity index (χ1n) is 7.47. The molecule has 0 fully saturated rings. The third kappa shape index (κ3) is 3.93. The van der Waals surface area contributed by atoms with Gasteiger partial charge >= 0.3 is 0 Å². The van der Waals surface area contributed by atoms with Gasteiger partial charge in [-0.3, -0.25) is 0 Å². The highest BCUT2D eigenvalue weighted by Gasteiger charge is 2.18. The van der Waals surface area contributed by atoms with Crippen LogP contribution in [0.15, 0.2) is 30.3 Å². The van der Waals surface area contributed by atoms with Gasteiger partial charge in [-0.25, -0.2) is 0 Å². The number of rotatable bonds is 5. The van der Waals surface area contributed by atoms with E-state index in [1.165, 1.54) is 36.6 Å². The summed E-state index contributed by atoms with van der Waals surface area (Å²) < 4.78 is 0. The summed E-state index contributed by atoms with van der Waals surface area (Å²) in [6.07, 6.45) is 9.01. The van der Waals surface area contributed by atoms with Crippen LogP contribution in [0.2, 0.25) is 0 Å². The second kappa shape index (κ2) is 6.23. The van der Waals surface area contributed by atoms with E-state index in [-0.39, 0.29) is 7.92 Å². The van der Waals surface area contributed by atoms with E-state index < -0.39 is 0 Å². The maximum Gasteiger partial charge on any atom is -0.00854 e. The Bertz CT molecular complexity index is 451. The lowest BCUT2D eigenvalue weighted by atomic mass is 10.0. The molecule has 0 bridgehead atoms. The molecule has 1 heteroatoms. The molecule has 1 aliphatic carbocycles. The van der Waals surface area contributed by atoms with E-state index >= 15 is 0 Å². The fraction of sp³-hybridized carbons (Fsp3) is 0.556. The van der Waals surface area contributed by atoms with Crippen molar-refractivity contribution in [2.75, 3.05) is 12.8 Å². The Hall–Kier alpha value is -0.610. The van der Waals surface area contributed by atoms with Crippen LogP contribution in [-0.2, 0) is 6.42 Å². The van der Waals surface area contributed by atoms with Gasteiger partial charge in [-0.05, 0) is 60.4 Å². The second-order valence-electron chi connectivity index (χ2n) is 6.64. The molecule has 1 unspecified atom stereocenters. The van der Waals surface area contributed by atoms with Crippen molar-refractivity contribution in [3.8, 4) is 0 Å². The minimum Gasteiger partial charge on any atom is -0.104 e. The van der Waals surface area contributed by atoms with Crippen LogP contribution in [0.4, 0.5) is 0 Å². The lowest BCUT2D eigenvalue weighted by Gasteiger charge is -2.27. The Morgan fingerprint density at radius 3 is 2.58 bits per heavy atom. The van der Waals surface area contributed by atoms with Crippen molar-refractivity contribution in [3.63, 3.8) is 0 Å². The zero-order valence-electron chi connectivity index (χ0n) is 12.9. The smallest absolute Gasteiger partial charge is 0.00854 e. The summed E-state index contributed by atoms with van der Waals surface area (Å²) in [5.74, 6) is 0. The van der Waals surface area contributed by atoms with Crippen molar-refractivity contribution in [1.82, 2.24) is 0 Å². The largest absolute Gasteiger partial charge is 0.104 e. The molecule has 0 amide bonds. The maximum atomic E-state index is 2.46. The molecule has 0 heterocycles. The zero-order valence-corrected chi connectivity index (χ0v) is 13.8. The summed E-state index contributed by atoms with van der Waals surface area (Å²) in [5, 5.41) is 0.522. The molecule has 0 aliphatic heterocycles. The van der Waals surface area contributed by atoms with E-state index in [1.807, 2.05) is 0 Å². The average Bonchev–Trinajstić information content (AvgIpc) is 2.76. The molecule has 0 radical (unpaired) electrons. The lowest BCUT2D eigenvalue weighted by molar-refractivity contribution is 0.766.